The van der Waals surface area contributed by atoms with Gasteiger partial charge in [-0.3, -0.25) is 4.98 Å². The Labute approximate surface area is 140 Å². The highest BCUT2D eigenvalue weighted by Gasteiger charge is 2.36. The van der Waals surface area contributed by atoms with Gasteiger partial charge in [0.2, 0.25) is 0 Å². The number of allylic oxidation sites excluding steroid dienone is 1. The molecular weight excluding hydrogens is 278 g/mol. The van der Waals surface area contributed by atoms with Crippen molar-refractivity contribution in [3.63, 3.8) is 0 Å². The molecule has 2 aromatic rings. The fraction of sp³-hybridized carbons (Fsp3) is 0.409. The molecule has 0 fully saturated rings. The van der Waals surface area contributed by atoms with E-state index < -0.39 is 0 Å². The number of benzene rings is 1. The van der Waals surface area contributed by atoms with Gasteiger partial charge in [-0.15, -0.1) is 0 Å². The third kappa shape index (κ3) is 3.10. The molecule has 1 heterocycles. The van der Waals surface area contributed by atoms with E-state index in [0.717, 1.165) is 0 Å². The van der Waals surface area contributed by atoms with E-state index >= 15 is 0 Å². The molecule has 1 aliphatic carbocycles. The maximum Gasteiger partial charge on any atom is 0.0273 e. The van der Waals surface area contributed by atoms with Gasteiger partial charge in [0, 0.05) is 12.4 Å². The summed E-state index contributed by atoms with van der Waals surface area (Å²) in [6.45, 7) is 11.7. The SMILES string of the molecule is CC(=Cc1ccncc1)c1ccc2c(c1)C(C)(C)CCC2(C)C. The van der Waals surface area contributed by atoms with E-state index in [0.29, 0.717) is 0 Å². The van der Waals surface area contributed by atoms with Crippen molar-refractivity contribution >= 4 is 11.6 Å². The molecule has 0 saturated heterocycles. The van der Waals surface area contributed by atoms with Crippen LogP contribution in [0, 0.1) is 0 Å². The molecular formula is C22H27N. The van der Waals surface area contributed by atoms with Crippen molar-refractivity contribution in [1.82, 2.24) is 4.98 Å². The second-order valence-electron chi connectivity index (χ2n) is 8.14. The molecule has 0 spiro atoms. The van der Waals surface area contributed by atoms with Gasteiger partial charge in [0.05, 0.1) is 0 Å². The molecule has 1 heteroatoms. The van der Waals surface area contributed by atoms with Crippen LogP contribution < -0.4 is 0 Å². The van der Waals surface area contributed by atoms with Gasteiger partial charge in [-0.05, 0) is 70.6 Å². The largest absolute Gasteiger partial charge is 0.265 e. The number of pyridine rings is 1. The summed E-state index contributed by atoms with van der Waals surface area (Å²) >= 11 is 0. The Morgan fingerprint density at radius 2 is 1.52 bits per heavy atom. The van der Waals surface area contributed by atoms with E-state index in [4.69, 9.17) is 0 Å². The third-order valence-corrected chi connectivity index (χ3v) is 5.40. The summed E-state index contributed by atoms with van der Waals surface area (Å²) in [5, 5.41) is 0. The lowest BCUT2D eigenvalue weighted by Gasteiger charge is -2.42. The Kier molecular flexibility index (Phi) is 3.91. The van der Waals surface area contributed by atoms with Gasteiger partial charge in [0.25, 0.3) is 0 Å². The summed E-state index contributed by atoms with van der Waals surface area (Å²) in [4.78, 5) is 4.09. The minimum absolute atomic E-state index is 0.262. The summed E-state index contributed by atoms with van der Waals surface area (Å²) in [5.74, 6) is 0. The van der Waals surface area contributed by atoms with E-state index in [1.807, 2.05) is 12.4 Å². The molecule has 0 radical (unpaired) electrons. The molecule has 0 aliphatic heterocycles. The van der Waals surface area contributed by atoms with Crippen LogP contribution >= 0.6 is 0 Å². The molecule has 1 aromatic carbocycles. The van der Waals surface area contributed by atoms with E-state index in [1.54, 1.807) is 0 Å². The van der Waals surface area contributed by atoms with Crippen LogP contribution in [0.2, 0.25) is 0 Å². The lowest BCUT2D eigenvalue weighted by Crippen LogP contribution is -2.33. The summed E-state index contributed by atoms with van der Waals surface area (Å²) in [5.41, 5.74) is 7.42. The summed E-state index contributed by atoms with van der Waals surface area (Å²) in [6.07, 6.45) is 8.45. The Morgan fingerprint density at radius 3 is 2.17 bits per heavy atom. The van der Waals surface area contributed by atoms with Gasteiger partial charge in [-0.25, -0.2) is 0 Å². The molecule has 0 bridgehead atoms. The maximum absolute atomic E-state index is 4.09. The van der Waals surface area contributed by atoms with Gasteiger partial charge in [0.15, 0.2) is 0 Å². The van der Waals surface area contributed by atoms with E-state index in [1.165, 1.54) is 40.7 Å². The van der Waals surface area contributed by atoms with E-state index in [2.05, 4.69) is 76.0 Å². The molecule has 23 heavy (non-hydrogen) atoms. The second kappa shape index (κ2) is 5.63. The Morgan fingerprint density at radius 1 is 0.913 bits per heavy atom. The Balaban J connectivity index is 2.05. The molecule has 3 rings (SSSR count). The predicted octanol–water partition coefficient (Wildman–Crippen LogP) is 5.99. The fourth-order valence-electron chi connectivity index (χ4n) is 3.63. The molecule has 0 unspecified atom stereocenters. The number of hydrogen-bond donors (Lipinski definition) is 0. The van der Waals surface area contributed by atoms with Crippen LogP contribution in [0.1, 0.15) is 69.7 Å². The van der Waals surface area contributed by atoms with Crippen LogP contribution in [0.25, 0.3) is 11.6 Å². The maximum atomic E-state index is 4.09. The first-order valence-electron chi connectivity index (χ1n) is 8.53. The first kappa shape index (κ1) is 16.0. The average Bonchev–Trinajstić information content (AvgIpc) is 2.52. The first-order chi connectivity index (χ1) is 10.8. The Hall–Kier alpha value is -1.89. The van der Waals surface area contributed by atoms with E-state index in [9.17, 15) is 0 Å². The minimum atomic E-state index is 0.262. The van der Waals surface area contributed by atoms with Crippen molar-refractivity contribution in [3.8, 4) is 0 Å². The highest BCUT2D eigenvalue weighted by atomic mass is 14.6. The van der Waals surface area contributed by atoms with Crippen molar-refractivity contribution in [2.75, 3.05) is 0 Å². The van der Waals surface area contributed by atoms with Crippen molar-refractivity contribution in [1.29, 1.82) is 0 Å². The van der Waals surface area contributed by atoms with Gasteiger partial charge in [-0.2, -0.15) is 0 Å². The van der Waals surface area contributed by atoms with Crippen LogP contribution in [0.5, 0.6) is 0 Å². The van der Waals surface area contributed by atoms with Crippen molar-refractivity contribution in [2.24, 2.45) is 0 Å². The third-order valence-electron chi connectivity index (χ3n) is 5.40. The number of hydrogen-bond acceptors (Lipinski definition) is 1. The van der Waals surface area contributed by atoms with Gasteiger partial charge < -0.3 is 0 Å². The molecule has 0 amide bonds. The lowest BCUT2D eigenvalue weighted by molar-refractivity contribution is 0.332. The number of aromatic nitrogens is 1. The normalized spacial score (nSPS) is 19.3. The second-order valence-corrected chi connectivity index (χ2v) is 8.14. The number of rotatable bonds is 2. The molecule has 1 aliphatic rings. The molecule has 1 aromatic heterocycles. The average molecular weight is 305 g/mol. The predicted molar refractivity (Wildman–Crippen MR) is 99.5 cm³/mol. The number of fused-ring (bicyclic) bond motifs is 1. The van der Waals surface area contributed by atoms with Gasteiger partial charge in [0.1, 0.15) is 0 Å². The molecule has 1 nitrogen and oxygen atoms in total. The zero-order valence-corrected chi connectivity index (χ0v) is 15.0. The topological polar surface area (TPSA) is 12.9 Å². The van der Waals surface area contributed by atoms with Crippen molar-refractivity contribution < 1.29 is 0 Å². The van der Waals surface area contributed by atoms with E-state index in [-0.39, 0.29) is 10.8 Å². The van der Waals surface area contributed by atoms with Gasteiger partial charge >= 0.3 is 0 Å². The molecule has 0 saturated carbocycles. The van der Waals surface area contributed by atoms with Gasteiger partial charge in [-0.1, -0.05) is 52.0 Å². The lowest BCUT2D eigenvalue weighted by atomic mass is 9.63. The zero-order chi connectivity index (χ0) is 16.7. The molecule has 0 N–H and O–H groups in total. The first-order valence-corrected chi connectivity index (χ1v) is 8.53. The monoisotopic (exact) mass is 305 g/mol. The smallest absolute Gasteiger partial charge is 0.0273 e. The fourth-order valence-corrected chi connectivity index (χ4v) is 3.63. The van der Waals surface area contributed by atoms with Crippen LogP contribution in [-0.2, 0) is 10.8 Å². The van der Waals surface area contributed by atoms with Crippen LogP contribution in [-0.4, -0.2) is 4.98 Å². The summed E-state index contributed by atoms with van der Waals surface area (Å²) in [7, 11) is 0. The zero-order valence-electron chi connectivity index (χ0n) is 15.0. The van der Waals surface area contributed by atoms with Crippen LogP contribution in [0.3, 0.4) is 0 Å². The Bertz CT molecular complexity index is 736. The quantitative estimate of drug-likeness (QED) is 0.664. The van der Waals surface area contributed by atoms with Crippen molar-refractivity contribution in [3.05, 3.63) is 65.0 Å². The summed E-state index contributed by atoms with van der Waals surface area (Å²) < 4.78 is 0. The molecule has 120 valence electrons. The highest BCUT2D eigenvalue weighted by molar-refractivity contribution is 5.80. The molecule has 0 atom stereocenters. The standard InChI is InChI=1S/C22H27N/c1-16(14-17-8-12-23-13-9-17)18-6-7-19-20(15-18)22(4,5)11-10-21(19,2)3/h6-9,12-15H,10-11H2,1-5H3. The van der Waals surface area contributed by atoms with Crippen LogP contribution in [0.15, 0.2) is 42.7 Å². The summed E-state index contributed by atoms with van der Waals surface area (Å²) in [6, 6.07) is 11.2. The van der Waals surface area contributed by atoms with Crippen molar-refractivity contribution in [2.45, 2.75) is 58.3 Å². The van der Waals surface area contributed by atoms with Crippen LogP contribution in [0.4, 0.5) is 0 Å². The number of nitrogens with zero attached hydrogens (tertiary/aromatic N) is 1. The highest BCUT2D eigenvalue weighted by Crippen LogP contribution is 2.46. The minimum Gasteiger partial charge on any atom is -0.265 e.